The summed E-state index contributed by atoms with van der Waals surface area (Å²) in [6, 6.07) is 0. The Hall–Kier alpha value is 0. The third kappa shape index (κ3) is 10.3. The highest BCUT2D eigenvalue weighted by Crippen LogP contribution is 2.19. The lowest BCUT2D eigenvalue weighted by Gasteiger charge is -2.14. The van der Waals surface area contributed by atoms with E-state index in [1.54, 1.807) is 5.92 Å². The molecule has 0 nitrogen and oxygen atoms in total. The zero-order valence-electron chi connectivity index (χ0n) is 11.4. The van der Waals surface area contributed by atoms with Crippen LogP contribution in [0.5, 0.6) is 0 Å². The lowest BCUT2D eigenvalue weighted by atomic mass is 9.92. The SMILES string of the molecule is CCCCCCCCCCC(C)[C](C)C. The first-order chi connectivity index (χ1) is 7.18. The fourth-order valence-electron chi connectivity index (χ4n) is 1.87. The monoisotopic (exact) mass is 211 g/mol. The maximum Gasteiger partial charge on any atom is -0.0275 e. The molecule has 0 aliphatic rings. The molecule has 1 radical (unpaired) electrons. The van der Waals surface area contributed by atoms with Gasteiger partial charge in [0.15, 0.2) is 0 Å². The third-order valence-electron chi connectivity index (χ3n) is 3.48. The van der Waals surface area contributed by atoms with E-state index in [4.69, 9.17) is 0 Å². The smallest absolute Gasteiger partial charge is 0.0275 e. The molecule has 1 atom stereocenters. The second kappa shape index (κ2) is 10.5. The normalized spacial score (nSPS) is 13.4. The van der Waals surface area contributed by atoms with E-state index in [1.165, 1.54) is 57.8 Å². The van der Waals surface area contributed by atoms with E-state index in [-0.39, 0.29) is 0 Å². The number of hydrogen-bond acceptors (Lipinski definition) is 0. The van der Waals surface area contributed by atoms with Crippen molar-refractivity contribution in [2.24, 2.45) is 5.92 Å². The van der Waals surface area contributed by atoms with Crippen molar-refractivity contribution in [1.29, 1.82) is 0 Å². The van der Waals surface area contributed by atoms with Crippen LogP contribution < -0.4 is 0 Å². The first-order valence-corrected chi connectivity index (χ1v) is 6.98. The van der Waals surface area contributed by atoms with Gasteiger partial charge in [-0.1, -0.05) is 85.5 Å². The molecule has 0 saturated heterocycles. The van der Waals surface area contributed by atoms with Gasteiger partial charge in [0.1, 0.15) is 0 Å². The zero-order valence-corrected chi connectivity index (χ0v) is 11.4. The van der Waals surface area contributed by atoms with Gasteiger partial charge in [-0.15, -0.1) is 0 Å². The molecule has 0 N–H and O–H groups in total. The molecule has 0 aromatic rings. The fraction of sp³-hybridized carbons (Fsp3) is 0.933. The summed E-state index contributed by atoms with van der Waals surface area (Å²) >= 11 is 0. The summed E-state index contributed by atoms with van der Waals surface area (Å²) in [5.41, 5.74) is 0. The molecule has 0 saturated carbocycles. The van der Waals surface area contributed by atoms with Crippen molar-refractivity contribution in [2.75, 3.05) is 0 Å². The van der Waals surface area contributed by atoms with E-state index < -0.39 is 0 Å². The summed E-state index contributed by atoms with van der Waals surface area (Å²) in [6.07, 6.45) is 12.9. The van der Waals surface area contributed by atoms with Crippen LogP contribution in [0.3, 0.4) is 0 Å². The van der Waals surface area contributed by atoms with Gasteiger partial charge in [-0.25, -0.2) is 0 Å². The largest absolute Gasteiger partial charge is 0.0654 e. The first kappa shape index (κ1) is 15.0. The van der Waals surface area contributed by atoms with Crippen LogP contribution >= 0.6 is 0 Å². The van der Waals surface area contributed by atoms with Crippen molar-refractivity contribution >= 4 is 0 Å². The molecule has 91 valence electrons. The van der Waals surface area contributed by atoms with Crippen LogP contribution in [0.25, 0.3) is 0 Å². The number of hydrogen-bond donors (Lipinski definition) is 0. The van der Waals surface area contributed by atoms with Gasteiger partial charge in [0.25, 0.3) is 0 Å². The predicted molar refractivity (Wildman–Crippen MR) is 71.0 cm³/mol. The van der Waals surface area contributed by atoms with Crippen molar-refractivity contribution in [3.05, 3.63) is 5.92 Å². The molecule has 0 amide bonds. The number of rotatable bonds is 10. The van der Waals surface area contributed by atoms with Crippen molar-refractivity contribution in [1.82, 2.24) is 0 Å². The van der Waals surface area contributed by atoms with Gasteiger partial charge in [-0.05, 0) is 11.8 Å². The van der Waals surface area contributed by atoms with Crippen LogP contribution in [0.1, 0.15) is 85.5 Å². The summed E-state index contributed by atoms with van der Waals surface area (Å²) in [5.74, 6) is 2.43. The molecule has 0 aromatic carbocycles. The van der Waals surface area contributed by atoms with Crippen molar-refractivity contribution in [2.45, 2.75) is 85.5 Å². The second-order valence-corrected chi connectivity index (χ2v) is 5.24. The Bertz CT molecular complexity index is 115. The maximum atomic E-state index is 2.36. The minimum absolute atomic E-state index is 0.838. The Labute approximate surface area is 97.8 Å². The summed E-state index contributed by atoms with van der Waals surface area (Å²) in [4.78, 5) is 0. The summed E-state index contributed by atoms with van der Waals surface area (Å²) < 4.78 is 0. The standard InChI is InChI=1S/C15H31/c1-5-6-7-8-9-10-11-12-13-15(4)14(2)3/h15H,5-13H2,1-4H3. The molecule has 15 heavy (non-hydrogen) atoms. The van der Waals surface area contributed by atoms with Crippen molar-refractivity contribution in [3.8, 4) is 0 Å². The molecule has 0 spiro atoms. The van der Waals surface area contributed by atoms with Gasteiger partial charge in [-0.3, -0.25) is 0 Å². The van der Waals surface area contributed by atoms with E-state index in [1.807, 2.05) is 0 Å². The average molecular weight is 211 g/mol. The predicted octanol–water partition coefficient (Wildman–Crippen LogP) is 5.77. The Morgan fingerprint density at radius 3 is 1.73 bits per heavy atom. The highest BCUT2D eigenvalue weighted by molar-refractivity contribution is 4.83. The second-order valence-electron chi connectivity index (χ2n) is 5.24. The molecular weight excluding hydrogens is 180 g/mol. The van der Waals surface area contributed by atoms with Gasteiger partial charge in [0.05, 0.1) is 0 Å². The first-order valence-electron chi connectivity index (χ1n) is 6.98. The van der Waals surface area contributed by atoms with Crippen LogP contribution in [0, 0.1) is 11.8 Å². The molecule has 0 aromatic heterocycles. The molecular formula is C15H31. The van der Waals surface area contributed by atoms with Crippen LogP contribution in [0.15, 0.2) is 0 Å². The minimum Gasteiger partial charge on any atom is -0.0654 e. The Morgan fingerprint density at radius 1 is 0.800 bits per heavy atom. The van der Waals surface area contributed by atoms with E-state index in [0.29, 0.717) is 0 Å². The molecule has 0 aliphatic carbocycles. The molecule has 0 heteroatoms. The molecule has 0 fully saturated rings. The quantitative estimate of drug-likeness (QED) is 0.402. The van der Waals surface area contributed by atoms with Crippen LogP contribution in [-0.2, 0) is 0 Å². The van der Waals surface area contributed by atoms with Gasteiger partial charge in [0, 0.05) is 0 Å². The van der Waals surface area contributed by atoms with E-state index in [9.17, 15) is 0 Å². The molecule has 0 heterocycles. The Balaban J connectivity index is 3.05. The minimum atomic E-state index is 0.838. The average Bonchev–Trinajstić information content (AvgIpc) is 2.21. The lowest BCUT2D eigenvalue weighted by Crippen LogP contribution is -2.01. The summed E-state index contributed by atoms with van der Waals surface area (Å²) in [7, 11) is 0. The van der Waals surface area contributed by atoms with Crippen LogP contribution in [0.2, 0.25) is 0 Å². The maximum absolute atomic E-state index is 2.36. The fourth-order valence-corrected chi connectivity index (χ4v) is 1.87. The van der Waals surface area contributed by atoms with Crippen LogP contribution in [-0.4, -0.2) is 0 Å². The molecule has 0 rings (SSSR count). The highest BCUT2D eigenvalue weighted by Gasteiger charge is 2.06. The van der Waals surface area contributed by atoms with Gasteiger partial charge >= 0.3 is 0 Å². The van der Waals surface area contributed by atoms with Crippen LogP contribution in [0.4, 0.5) is 0 Å². The number of unbranched alkanes of at least 4 members (excludes halogenated alkanes) is 7. The Morgan fingerprint density at radius 2 is 1.27 bits per heavy atom. The van der Waals surface area contributed by atoms with E-state index in [0.717, 1.165) is 5.92 Å². The zero-order chi connectivity index (χ0) is 11.5. The van der Waals surface area contributed by atoms with E-state index >= 15 is 0 Å². The lowest BCUT2D eigenvalue weighted by molar-refractivity contribution is 0.492. The van der Waals surface area contributed by atoms with E-state index in [2.05, 4.69) is 27.7 Å². The molecule has 0 aliphatic heterocycles. The van der Waals surface area contributed by atoms with Crippen molar-refractivity contribution < 1.29 is 0 Å². The Kier molecular flexibility index (Phi) is 10.5. The van der Waals surface area contributed by atoms with Crippen molar-refractivity contribution in [3.63, 3.8) is 0 Å². The van der Waals surface area contributed by atoms with Gasteiger partial charge < -0.3 is 0 Å². The summed E-state index contributed by atoms with van der Waals surface area (Å²) in [6.45, 7) is 9.16. The summed E-state index contributed by atoms with van der Waals surface area (Å²) in [5, 5.41) is 0. The van der Waals surface area contributed by atoms with Gasteiger partial charge in [0.2, 0.25) is 0 Å². The molecule has 1 unspecified atom stereocenters. The molecule has 0 bridgehead atoms. The third-order valence-corrected chi connectivity index (χ3v) is 3.48. The highest BCUT2D eigenvalue weighted by atomic mass is 14.1. The topological polar surface area (TPSA) is 0 Å². The van der Waals surface area contributed by atoms with Gasteiger partial charge in [-0.2, -0.15) is 0 Å².